The number of aryl methyl sites for hydroxylation is 1. The van der Waals surface area contributed by atoms with E-state index in [9.17, 15) is 4.79 Å². The largest absolute Gasteiger partial charge is 0.274 e. The van der Waals surface area contributed by atoms with Crippen molar-refractivity contribution in [3.05, 3.63) is 73.0 Å². The van der Waals surface area contributed by atoms with Crippen LogP contribution in [0.3, 0.4) is 0 Å². The molecule has 0 unspecified atom stereocenters. The lowest BCUT2D eigenvalue weighted by Crippen LogP contribution is -2.22. The van der Waals surface area contributed by atoms with Crippen LogP contribution in [0.15, 0.2) is 51.7 Å². The zero-order chi connectivity index (χ0) is 15.3. The first-order chi connectivity index (χ1) is 10.6. The topological polar surface area (TPSA) is 34.4 Å². The molecule has 0 radical (unpaired) electrons. The van der Waals surface area contributed by atoms with Crippen molar-refractivity contribution in [2.24, 2.45) is 0 Å². The normalized spacial score (nSPS) is 12.5. The van der Waals surface area contributed by atoms with Crippen LogP contribution in [-0.2, 0) is 0 Å². The Labute approximate surface area is 138 Å². The lowest BCUT2D eigenvalue weighted by Gasteiger charge is -1.95. The number of benzene rings is 2. The summed E-state index contributed by atoms with van der Waals surface area (Å²) in [6.45, 7) is 2.02. The van der Waals surface area contributed by atoms with Gasteiger partial charge in [0.2, 0.25) is 0 Å². The number of hydrogen-bond donors (Lipinski definition) is 0. The minimum atomic E-state index is -0.0119. The summed E-state index contributed by atoms with van der Waals surface area (Å²) in [5.74, 6) is 0. The molecule has 0 N–H and O–H groups in total. The quantitative estimate of drug-likeness (QED) is 0.513. The summed E-state index contributed by atoms with van der Waals surface area (Å²) < 4.78 is 3.36. The van der Waals surface area contributed by atoms with Crippen LogP contribution in [0.5, 0.6) is 0 Å². The van der Waals surface area contributed by atoms with E-state index in [2.05, 4.69) is 20.9 Å². The summed E-state index contributed by atoms with van der Waals surface area (Å²) in [7, 11) is 0. The minimum absolute atomic E-state index is 0.0119. The van der Waals surface area contributed by atoms with Crippen LogP contribution < -0.4 is 10.1 Å². The summed E-state index contributed by atoms with van der Waals surface area (Å²) in [6.07, 6.45) is 1.91. The van der Waals surface area contributed by atoms with Crippen LogP contribution in [-0.4, -0.2) is 9.38 Å². The Morgan fingerprint density at radius 3 is 2.86 bits per heavy atom. The Morgan fingerprint density at radius 1 is 1.23 bits per heavy atom. The second-order valence-electron chi connectivity index (χ2n) is 5.16. The molecule has 0 aliphatic heterocycles. The number of fused-ring (bicyclic) bond motifs is 3. The zero-order valence-electron chi connectivity index (χ0n) is 11.7. The number of thiazole rings is 1. The van der Waals surface area contributed by atoms with E-state index >= 15 is 0 Å². The molecule has 0 spiro atoms. The molecule has 0 fully saturated rings. The molecule has 2 aromatic heterocycles. The van der Waals surface area contributed by atoms with Crippen molar-refractivity contribution in [3.8, 4) is 0 Å². The monoisotopic (exact) mass is 370 g/mol. The van der Waals surface area contributed by atoms with E-state index in [-0.39, 0.29) is 5.56 Å². The molecular formula is C17H11BrN2OS. The summed E-state index contributed by atoms with van der Waals surface area (Å²) >= 11 is 4.93. The van der Waals surface area contributed by atoms with E-state index in [1.165, 1.54) is 11.3 Å². The van der Waals surface area contributed by atoms with Crippen molar-refractivity contribution < 1.29 is 0 Å². The molecule has 0 atom stereocenters. The van der Waals surface area contributed by atoms with Crippen molar-refractivity contribution in [2.45, 2.75) is 6.92 Å². The molecule has 4 rings (SSSR count). The molecule has 0 bridgehead atoms. The first-order valence-electron chi connectivity index (χ1n) is 6.81. The zero-order valence-corrected chi connectivity index (χ0v) is 14.1. The maximum Gasteiger partial charge on any atom is 0.274 e. The second-order valence-corrected chi connectivity index (χ2v) is 7.02. The van der Waals surface area contributed by atoms with Crippen molar-refractivity contribution in [1.82, 2.24) is 9.38 Å². The van der Waals surface area contributed by atoms with E-state index in [0.29, 0.717) is 4.53 Å². The molecule has 4 aromatic rings. The molecule has 0 saturated heterocycles. The number of halogens is 1. The molecule has 2 heterocycles. The van der Waals surface area contributed by atoms with Gasteiger partial charge in [-0.3, -0.25) is 4.79 Å². The van der Waals surface area contributed by atoms with Gasteiger partial charge in [0.15, 0.2) is 4.96 Å². The Kier molecular flexibility index (Phi) is 3.13. The molecule has 0 saturated carbocycles. The third-order valence-corrected chi connectivity index (χ3v) is 5.28. The molecule has 3 nitrogen and oxygen atoms in total. The predicted octanol–water partition coefficient (Wildman–Crippen LogP) is 3.53. The highest BCUT2D eigenvalue weighted by molar-refractivity contribution is 9.10. The molecule has 5 heteroatoms. The fraction of sp³-hybridized carbons (Fsp3) is 0.0588. The lowest BCUT2D eigenvalue weighted by molar-refractivity contribution is 1.19. The third kappa shape index (κ3) is 2.09. The summed E-state index contributed by atoms with van der Waals surface area (Å²) in [5.41, 5.74) is 3.86. The molecular weight excluding hydrogens is 360 g/mol. The lowest BCUT2D eigenvalue weighted by atomic mass is 10.2. The highest BCUT2D eigenvalue weighted by Crippen LogP contribution is 2.19. The van der Waals surface area contributed by atoms with Gasteiger partial charge in [-0.05, 0) is 42.3 Å². The van der Waals surface area contributed by atoms with Gasteiger partial charge in [-0.2, -0.15) is 0 Å². The van der Waals surface area contributed by atoms with E-state index in [0.717, 1.165) is 31.6 Å². The van der Waals surface area contributed by atoms with Gasteiger partial charge in [-0.15, -0.1) is 0 Å². The standard InChI is InChI=1S/C17H11BrN2OS/c1-10-6-7-14-13(8-10)19-17-20(14)16(21)15(22-17)9-11-4-2-3-5-12(11)18/h2-9H,1H3/b15-9-. The van der Waals surface area contributed by atoms with Gasteiger partial charge in [-0.25, -0.2) is 9.38 Å². The fourth-order valence-corrected chi connectivity index (χ4v) is 3.89. The van der Waals surface area contributed by atoms with Crippen LogP contribution in [0, 0.1) is 6.92 Å². The van der Waals surface area contributed by atoms with Crippen molar-refractivity contribution in [1.29, 1.82) is 0 Å². The average molecular weight is 371 g/mol. The first kappa shape index (κ1) is 13.7. The summed E-state index contributed by atoms with van der Waals surface area (Å²) in [4.78, 5) is 18.0. The Bertz CT molecular complexity index is 1130. The molecule has 0 amide bonds. The predicted molar refractivity (Wildman–Crippen MR) is 94.5 cm³/mol. The van der Waals surface area contributed by atoms with Crippen molar-refractivity contribution in [3.63, 3.8) is 0 Å². The SMILES string of the molecule is Cc1ccc2c(c1)nc1s/c(=C\c3ccccc3Br)c(=O)n12. The van der Waals surface area contributed by atoms with Gasteiger partial charge in [-0.1, -0.05) is 51.5 Å². The number of imidazole rings is 1. The maximum absolute atomic E-state index is 12.7. The highest BCUT2D eigenvalue weighted by atomic mass is 79.9. The van der Waals surface area contributed by atoms with Crippen LogP contribution in [0.4, 0.5) is 0 Å². The molecule has 0 aliphatic carbocycles. The number of aromatic nitrogens is 2. The molecule has 22 heavy (non-hydrogen) atoms. The minimum Gasteiger partial charge on any atom is -0.267 e. The fourth-order valence-electron chi connectivity index (χ4n) is 2.51. The smallest absolute Gasteiger partial charge is 0.267 e. The van der Waals surface area contributed by atoms with E-state index in [4.69, 9.17) is 0 Å². The van der Waals surface area contributed by atoms with Crippen LogP contribution in [0.25, 0.3) is 22.1 Å². The Balaban J connectivity index is 2.04. The van der Waals surface area contributed by atoms with Gasteiger partial charge in [0.05, 0.1) is 15.6 Å². The third-order valence-electron chi connectivity index (χ3n) is 3.59. The van der Waals surface area contributed by atoms with Gasteiger partial charge in [0, 0.05) is 4.47 Å². The summed E-state index contributed by atoms with van der Waals surface area (Å²) in [6, 6.07) is 13.8. The van der Waals surface area contributed by atoms with Crippen LogP contribution in [0.2, 0.25) is 0 Å². The van der Waals surface area contributed by atoms with Crippen LogP contribution in [0.1, 0.15) is 11.1 Å². The van der Waals surface area contributed by atoms with E-state index in [1.54, 1.807) is 4.40 Å². The summed E-state index contributed by atoms with van der Waals surface area (Å²) in [5, 5.41) is 0. The highest BCUT2D eigenvalue weighted by Gasteiger charge is 2.11. The van der Waals surface area contributed by atoms with Gasteiger partial charge in [0.25, 0.3) is 5.56 Å². The van der Waals surface area contributed by atoms with Crippen molar-refractivity contribution in [2.75, 3.05) is 0 Å². The van der Waals surface area contributed by atoms with Gasteiger partial charge in [0.1, 0.15) is 0 Å². The number of hydrogen-bond acceptors (Lipinski definition) is 3. The molecule has 2 aromatic carbocycles. The first-order valence-corrected chi connectivity index (χ1v) is 8.42. The van der Waals surface area contributed by atoms with E-state index in [1.807, 2.05) is 55.5 Å². The number of rotatable bonds is 1. The second kappa shape index (κ2) is 5.04. The Morgan fingerprint density at radius 2 is 2.05 bits per heavy atom. The Hall–Kier alpha value is -1.98. The van der Waals surface area contributed by atoms with Crippen molar-refractivity contribution >= 4 is 49.3 Å². The average Bonchev–Trinajstić information content (AvgIpc) is 2.98. The molecule has 0 aliphatic rings. The molecule has 108 valence electrons. The van der Waals surface area contributed by atoms with E-state index < -0.39 is 0 Å². The maximum atomic E-state index is 12.7. The van der Waals surface area contributed by atoms with Gasteiger partial charge < -0.3 is 0 Å². The number of nitrogens with zero attached hydrogens (tertiary/aromatic N) is 2. The van der Waals surface area contributed by atoms with Crippen LogP contribution >= 0.6 is 27.3 Å². The van der Waals surface area contributed by atoms with Gasteiger partial charge >= 0.3 is 0 Å².